The van der Waals surface area contributed by atoms with Gasteiger partial charge in [0.05, 0.1) is 0 Å². The predicted octanol–water partition coefficient (Wildman–Crippen LogP) is 0.0591. The molecule has 0 aromatic heterocycles. The lowest BCUT2D eigenvalue weighted by molar-refractivity contribution is -0.135. The molecule has 0 radical (unpaired) electrons. The van der Waals surface area contributed by atoms with Crippen LogP contribution in [0.4, 0.5) is 0 Å². The molecule has 9 heavy (non-hydrogen) atoms. The van der Waals surface area contributed by atoms with Gasteiger partial charge >= 0.3 is 0 Å². The quantitative estimate of drug-likeness (QED) is 0.474. The summed E-state index contributed by atoms with van der Waals surface area (Å²) in [6.45, 7) is 0.937. The fourth-order valence-electron chi connectivity index (χ4n) is 0.435. The number of piperidine rings is 1. The SMILES string of the molecule is [2H]C1([2H])C(=O)NC(=O)[C@@]([2H])(C)C1([2H])[2H]. The lowest BCUT2D eigenvalue weighted by Crippen LogP contribution is -2.39. The highest BCUT2D eigenvalue weighted by atomic mass is 16.2. The molecule has 0 aliphatic carbocycles. The zero-order chi connectivity index (χ0) is 11.4. The van der Waals surface area contributed by atoms with Gasteiger partial charge in [-0.2, -0.15) is 0 Å². The molecular formula is C6H9NO2. The number of nitrogens with one attached hydrogen (secondary N) is 1. The molecule has 0 spiro atoms. The first-order chi connectivity index (χ1) is 6.05. The molecule has 50 valence electrons. The van der Waals surface area contributed by atoms with E-state index in [0.717, 1.165) is 6.92 Å². The molecule has 1 aliphatic heterocycles. The van der Waals surface area contributed by atoms with E-state index in [-0.39, 0.29) is 0 Å². The van der Waals surface area contributed by atoms with Gasteiger partial charge in [-0.05, 0) is 6.37 Å². The fraction of sp³-hybridized carbons (Fsp3) is 0.667. The van der Waals surface area contributed by atoms with Crippen molar-refractivity contribution in [3.8, 4) is 0 Å². The van der Waals surface area contributed by atoms with Crippen molar-refractivity contribution in [2.24, 2.45) is 5.89 Å². The molecule has 0 aromatic rings. The van der Waals surface area contributed by atoms with E-state index in [1.165, 1.54) is 0 Å². The number of hydrogen-bond donors (Lipinski definition) is 1. The first-order valence-electron chi connectivity index (χ1n) is 4.91. The molecule has 1 aliphatic rings. The maximum Gasteiger partial charge on any atom is 0.229 e. The van der Waals surface area contributed by atoms with Crippen LogP contribution in [-0.4, -0.2) is 11.8 Å². The first kappa shape index (κ1) is 2.40. The van der Waals surface area contributed by atoms with Gasteiger partial charge in [0.15, 0.2) is 0 Å². The molecule has 1 atom stereocenters. The van der Waals surface area contributed by atoms with E-state index in [0.29, 0.717) is 0 Å². The summed E-state index contributed by atoms with van der Waals surface area (Å²) in [6.07, 6.45) is -5.73. The summed E-state index contributed by atoms with van der Waals surface area (Å²) in [5.74, 6) is -4.77. The Bertz CT molecular complexity index is 283. The van der Waals surface area contributed by atoms with Crippen LogP contribution in [-0.2, 0) is 9.59 Å². The van der Waals surface area contributed by atoms with Crippen molar-refractivity contribution >= 4 is 11.8 Å². The lowest BCUT2D eigenvalue weighted by Gasteiger charge is -2.15. The normalized spacial score (nSPS) is 55.4. The molecule has 1 fully saturated rings. The topological polar surface area (TPSA) is 46.2 Å². The van der Waals surface area contributed by atoms with Crippen LogP contribution in [0, 0.1) is 5.89 Å². The van der Waals surface area contributed by atoms with Crippen LogP contribution in [0.2, 0.25) is 0 Å². The number of carbonyl (C=O) groups is 2. The van der Waals surface area contributed by atoms with Gasteiger partial charge in [0, 0.05) is 19.1 Å². The third kappa shape index (κ3) is 1.28. The highest BCUT2D eigenvalue weighted by Gasteiger charge is 2.21. The molecule has 0 saturated carbocycles. The second-order valence-electron chi connectivity index (χ2n) is 1.66. The predicted molar refractivity (Wildman–Crippen MR) is 31.5 cm³/mol. The number of amides is 2. The van der Waals surface area contributed by atoms with E-state index < -0.39 is 30.5 Å². The maximum absolute atomic E-state index is 11.1. The van der Waals surface area contributed by atoms with Gasteiger partial charge in [-0.25, -0.2) is 0 Å². The highest BCUT2D eigenvalue weighted by Crippen LogP contribution is 2.09. The number of rotatable bonds is 0. The standard InChI is InChI=1S/C6H9NO2/c1-4-2-3-5(8)7-6(4)9/h4H,2-3H2,1H3,(H,7,8,9)/t4-/m0/s1/i2D2,3D2,4D. The smallest absolute Gasteiger partial charge is 0.229 e. The van der Waals surface area contributed by atoms with E-state index >= 15 is 0 Å². The Morgan fingerprint density at radius 2 is 2.56 bits per heavy atom. The molecular weight excluding hydrogens is 118 g/mol. The summed E-state index contributed by atoms with van der Waals surface area (Å²) in [7, 11) is 0. The first-order valence-corrected chi connectivity index (χ1v) is 2.41. The van der Waals surface area contributed by atoms with Crippen LogP contribution in [0.15, 0.2) is 0 Å². The Kier molecular flexibility index (Phi) is 0.579. The van der Waals surface area contributed by atoms with E-state index in [9.17, 15) is 9.59 Å². The summed E-state index contributed by atoms with van der Waals surface area (Å²) >= 11 is 0. The van der Waals surface area contributed by atoms with Crippen molar-refractivity contribution in [2.75, 3.05) is 0 Å². The van der Waals surface area contributed by atoms with Crippen LogP contribution in [0.25, 0.3) is 0 Å². The van der Waals surface area contributed by atoms with Crippen molar-refractivity contribution in [1.29, 1.82) is 0 Å². The summed E-state index contributed by atoms with van der Waals surface area (Å²) in [4.78, 5) is 22.1. The largest absolute Gasteiger partial charge is 0.296 e. The second kappa shape index (κ2) is 2.17. The molecule has 0 bridgehead atoms. The average molecular weight is 132 g/mol. The molecule has 0 unspecified atom stereocenters. The summed E-state index contributed by atoms with van der Waals surface area (Å²) < 4.78 is 36.4. The van der Waals surface area contributed by atoms with Crippen LogP contribution < -0.4 is 5.32 Å². The van der Waals surface area contributed by atoms with E-state index in [2.05, 4.69) is 0 Å². The van der Waals surface area contributed by atoms with Gasteiger partial charge in [0.25, 0.3) is 0 Å². The summed E-state index contributed by atoms with van der Waals surface area (Å²) in [6, 6.07) is 0. The Hall–Kier alpha value is -0.860. The van der Waals surface area contributed by atoms with Gasteiger partial charge in [0.2, 0.25) is 11.8 Å². The maximum atomic E-state index is 11.1. The summed E-state index contributed by atoms with van der Waals surface area (Å²) in [5, 5.41) is 1.64. The second-order valence-corrected chi connectivity index (χ2v) is 1.66. The number of imide groups is 1. The monoisotopic (exact) mass is 132 g/mol. The van der Waals surface area contributed by atoms with Gasteiger partial charge in [0.1, 0.15) is 0 Å². The van der Waals surface area contributed by atoms with Crippen LogP contribution in [0.1, 0.15) is 26.5 Å². The van der Waals surface area contributed by atoms with Crippen LogP contribution in [0.5, 0.6) is 0 Å². The van der Waals surface area contributed by atoms with E-state index in [1.807, 2.05) is 0 Å². The zero-order valence-electron chi connectivity index (χ0n) is 9.82. The van der Waals surface area contributed by atoms with Gasteiger partial charge in [-0.15, -0.1) is 0 Å². The number of carbonyl (C=O) groups excluding carboxylic acids is 2. The molecule has 2 amide bonds. The minimum atomic E-state index is -2.88. The third-order valence-corrected chi connectivity index (χ3v) is 0.931. The molecule has 3 heteroatoms. The Morgan fingerprint density at radius 1 is 1.89 bits per heavy atom. The minimum Gasteiger partial charge on any atom is -0.296 e. The molecule has 0 aromatic carbocycles. The van der Waals surface area contributed by atoms with E-state index in [4.69, 9.17) is 6.85 Å². The average Bonchev–Trinajstić information content (AvgIpc) is 2.01. The molecule has 3 nitrogen and oxygen atoms in total. The van der Waals surface area contributed by atoms with Crippen LogP contribution >= 0.6 is 0 Å². The zero-order valence-corrected chi connectivity index (χ0v) is 4.82. The van der Waals surface area contributed by atoms with Crippen LogP contribution in [0.3, 0.4) is 0 Å². The van der Waals surface area contributed by atoms with Gasteiger partial charge < -0.3 is 0 Å². The van der Waals surface area contributed by atoms with Gasteiger partial charge in [-0.1, -0.05) is 6.92 Å². The van der Waals surface area contributed by atoms with Crippen molar-refractivity contribution < 1.29 is 16.4 Å². The Labute approximate surface area is 60.5 Å². The van der Waals surface area contributed by atoms with Crippen molar-refractivity contribution in [3.63, 3.8) is 0 Å². The van der Waals surface area contributed by atoms with Crippen molar-refractivity contribution in [3.05, 3.63) is 0 Å². The van der Waals surface area contributed by atoms with Gasteiger partial charge in [-0.3, -0.25) is 14.9 Å². The number of hydrogen-bond acceptors (Lipinski definition) is 2. The molecule has 1 heterocycles. The Balaban J connectivity index is 3.31. The lowest BCUT2D eigenvalue weighted by atomic mass is 10.0. The molecule has 1 saturated heterocycles. The third-order valence-electron chi connectivity index (χ3n) is 0.931. The van der Waals surface area contributed by atoms with Crippen molar-refractivity contribution in [2.45, 2.75) is 19.7 Å². The fourth-order valence-corrected chi connectivity index (χ4v) is 0.435. The minimum absolute atomic E-state index is 0.937. The summed E-state index contributed by atoms with van der Waals surface area (Å²) in [5.41, 5.74) is 0. The van der Waals surface area contributed by atoms with Crippen molar-refractivity contribution in [1.82, 2.24) is 5.32 Å². The Morgan fingerprint density at radius 3 is 3.22 bits per heavy atom. The molecule has 1 rings (SSSR count). The molecule has 1 N–H and O–H groups in total. The highest BCUT2D eigenvalue weighted by molar-refractivity contribution is 5.98. The van der Waals surface area contributed by atoms with E-state index in [1.54, 1.807) is 5.32 Å².